The molecule has 94 valence electrons. The molecule has 0 radical (unpaired) electrons. The molecule has 1 aliphatic rings. The Bertz CT molecular complexity index is 629. The highest BCUT2D eigenvalue weighted by atomic mass is 35.5. The Kier molecular flexibility index (Phi) is 3.12. The summed E-state index contributed by atoms with van der Waals surface area (Å²) in [6, 6.07) is 3.86. The van der Waals surface area contributed by atoms with E-state index in [0.717, 1.165) is 6.08 Å². The lowest BCUT2D eigenvalue weighted by molar-refractivity contribution is 0.0988. The van der Waals surface area contributed by atoms with Gasteiger partial charge in [0.25, 0.3) is 0 Å². The standard InChI is InChI=1S/C10H6ClO6P/c11-6-4-7(12)9-5(10(6)13)2-1-3-8(9)17-18(14,15)16/h1-4H,(H2,14,15,16). The fourth-order valence-corrected chi connectivity index (χ4v) is 2.17. The van der Waals surface area contributed by atoms with Crippen LogP contribution in [0.4, 0.5) is 0 Å². The summed E-state index contributed by atoms with van der Waals surface area (Å²) >= 11 is 5.57. The number of halogens is 1. The highest BCUT2D eigenvalue weighted by Crippen LogP contribution is 2.41. The lowest BCUT2D eigenvalue weighted by Gasteiger charge is -2.16. The van der Waals surface area contributed by atoms with Gasteiger partial charge in [0.05, 0.1) is 10.6 Å². The van der Waals surface area contributed by atoms with E-state index in [4.69, 9.17) is 21.4 Å². The number of hydrogen-bond acceptors (Lipinski definition) is 4. The third kappa shape index (κ3) is 2.37. The summed E-state index contributed by atoms with van der Waals surface area (Å²) < 4.78 is 15.1. The summed E-state index contributed by atoms with van der Waals surface area (Å²) in [5, 5.41) is -0.249. The Morgan fingerprint density at radius 2 is 1.89 bits per heavy atom. The van der Waals surface area contributed by atoms with E-state index in [0.29, 0.717) is 0 Å². The van der Waals surface area contributed by atoms with Crippen LogP contribution < -0.4 is 4.52 Å². The van der Waals surface area contributed by atoms with Crippen LogP contribution >= 0.6 is 19.4 Å². The number of fused-ring (bicyclic) bond motifs is 1. The van der Waals surface area contributed by atoms with Gasteiger partial charge in [0, 0.05) is 11.6 Å². The molecule has 0 spiro atoms. The predicted octanol–water partition coefficient (Wildman–Crippen LogP) is 1.66. The molecular formula is C10H6ClO6P. The maximum absolute atomic E-state index is 11.7. The first-order chi connectivity index (χ1) is 8.29. The minimum atomic E-state index is -4.81. The quantitative estimate of drug-likeness (QED) is 0.803. The Hall–Kier alpha value is -1.46. The van der Waals surface area contributed by atoms with Gasteiger partial charge in [-0.05, 0) is 12.1 Å². The number of hydrogen-bond donors (Lipinski definition) is 2. The molecule has 0 aromatic heterocycles. The largest absolute Gasteiger partial charge is 0.524 e. The lowest BCUT2D eigenvalue weighted by atomic mass is 9.94. The fourth-order valence-electron chi connectivity index (χ4n) is 1.56. The normalized spacial score (nSPS) is 15.2. The van der Waals surface area contributed by atoms with Gasteiger partial charge in [-0.15, -0.1) is 0 Å². The van der Waals surface area contributed by atoms with Crippen molar-refractivity contribution < 1.29 is 28.5 Å². The average molecular weight is 289 g/mol. The van der Waals surface area contributed by atoms with Crippen molar-refractivity contribution in [3.8, 4) is 5.75 Å². The number of carbonyl (C=O) groups is 2. The summed E-state index contributed by atoms with van der Waals surface area (Å²) in [7, 11) is -4.81. The zero-order valence-electron chi connectivity index (χ0n) is 8.66. The van der Waals surface area contributed by atoms with Gasteiger partial charge < -0.3 is 4.52 Å². The number of ketones is 2. The maximum Gasteiger partial charge on any atom is 0.524 e. The molecule has 6 nitrogen and oxygen atoms in total. The van der Waals surface area contributed by atoms with E-state index < -0.39 is 19.4 Å². The van der Waals surface area contributed by atoms with Crippen molar-refractivity contribution in [2.75, 3.05) is 0 Å². The molecule has 0 saturated heterocycles. The molecule has 0 unspecified atom stereocenters. The molecule has 0 heterocycles. The second-order valence-electron chi connectivity index (χ2n) is 3.45. The first kappa shape index (κ1) is 13.0. The zero-order valence-corrected chi connectivity index (χ0v) is 10.3. The van der Waals surface area contributed by atoms with E-state index in [1.165, 1.54) is 18.2 Å². The third-order valence-electron chi connectivity index (χ3n) is 2.21. The van der Waals surface area contributed by atoms with Gasteiger partial charge in [0.2, 0.25) is 5.78 Å². The third-order valence-corrected chi connectivity index (χ3v) is 2.92. The van der Waals surface area contributed by atoms with Crippen molar-refractivity contribution >= 4 is 31.0 Å². The highest BCUT2D eigenvalue weighted by Gasteiger charge is 2.30. The highest BCUT2D eigenvalue weighted by molar-refractivity contribution is 7.46. The Labute approximate surface area is 106 Å². The number of Topliss-reactive ketones (excluding diaryl/α,β-unsaturated/α-hetero) is 1. The lowest BCUT2D eigenvalue weighted by Crippen LogP contribution is -2.15. The molecule has 0 fully saturated rings. The SMILES string of the molecule is O=C1C(Cl)=CC(=O)c2c(OP(=O)(O)O)cccc21. The van der Waals surface area contributed by atoms with Crippen LogP contribution in [-0.4, -0.2) is 21.4 Å². The number of allylic oxidation sites excluding steroid dienone is 2. The van der Waals surface area contributed by atoms with E-state index in [2.05, 4.69) is 4.52 Å². The van der Waals surface area contributed by atoms with Gasteiger partial charge in [-0.3, -0.25) is 19.4 Å². The van der Waals surface area contributed by atoms with Gasteiger partial charge in [0.1, 0.15) is 5.75 Å². The second kappa shape index (κ2) is 4.33. The molecule has 0 saturated carbocycles. The number of phosphoric acid groups is 1. The van der Waals surface area contributed by atoms with Crippen LogP contribution in [0.2, 0.25) is 0 Å². The van der Waals surface area contributed by atoms with E-state index in [9.17, 15) is 14.2 Å². The van der Waals surface area contributed by atoms with Crippen LogP contribution in [0.5, 0.6) is 5.75 Å². The summed E-state index contributed by atoms with van der Waals surface area (Å²) in [4.78, 5) is 40.8. The van der Waals surface area contributed by atoms with Gasteiger partial charge in [-0.25, -0.2) is 4.57 Å². The Morgan fingerprint density at radius 3 is 2.50 bits per heavy atom. The van der Waals surface area contributed by atoms with E-state index in [-0.39, 0.29) is 21.9 Å². The smallest absolute Gasteiger partial charge is 0.403 e. The van der Waals surface area contributed by atoms with Crippen LogP contribution in [0.15, 0.2) is 29.3 Å². The molecule has 0 atom stereocenters. The first-order valence-electron chi connectivity index (χ1n) is 4.64. The molecular weight excluding hydrogens is 283 g/mol. The van der Waals surface area contributed by atoms with E-state index in [1.807, 2.05) is 0 Å². The van der Waals surface area contributed by atoms with Gasteiger partial charge in [-0.1, -0.05) is 17.7 Å². The molecule has 18 heavy (non-hydrogen) atoms. The van der Waals surface area contributed by atoms with Crippen molar-refractivity contribution in [2.45, 2.75) is 0 Å². The van der Waals surface area contributed by atoms with Crippen molar-refractivity contribution in [3.63, 3.8) is 0 Å². The van der Waals surface area contributed by atoms with E-state index >= 15 is 0 Å². The predicted molar refractivity (Wildman–Crippen MR) is 61.7 cm³/mol. The fraction of sp³-hybridized carbons (Fsp3) is 0. The van der Waals surface area contributed by atoms with Crippen LogP contribution in [0, 0.1) is 0 Å². The van der Waals surface area contributed by atoms with Crippen molar-refractivity contribution in [1.82, 2.24) is 0 Å². The van der Waals surface area contributed by atoms with Crippen LogP contribution in [0.1, 0.15) is 20.7 Å². The molecule has 1 aromatic carbocycles. The monoisotopic (exact) mass is 288 g/mol. The zero-order chi connectivity index (χ0) is 13.5. The molecule has 2 N–H and O–H groups in total. The maximum atomic E-state index is 11.7. The molecule has 1 aliphatic carbocycles. The van der Waals surface area contributed by atoms with Crippen LogP contribution in [0.25, 0.3) is 0 Å². The van der Waals surface area contributed by atoms with Crippen molar-refractivity contribution in [3.05, 3.63) is 40.4 Å². The summed E-state index contributed by atoms with van der Waals surface area (Å²) in [5.41, 5.74) is -0.242. The first-order valence-corrected chi connectivity index (χ1v) is 6.55. The minimum Gasteiger partial charge on any atom is -0.403 e. The molecule has 0 amide bonds. The van der Waals surface area contributed by atoms with Crippen molar-refractivity contribution in [1.29, 1.82) is 0 Å². The number of benzene rings is 1. The topological polar surface area (TPSA) is 101 Å². The molecule has 1 aromatic rings. The van der Waals surface area contributed by atoms with Gasteiger partial charge in [0.15, 0.2) is 5.78 Å². The molecule has 8 heteroatoms. The molecule has 2 rings (SSSR count). The average Bonchev–Trinajstić information content (AvgIpc) is 2.23. The second-order valence-corrected chi connectivity index (χ2v) is 5.02. The summed E-state index contributed by atoms with van der Waals surface area (Å²) in [6.45, 7) is 0. The van der Waals surface area contributed by atoms with Gasteiger partial charge >= 0.3 is 7.82 Å². The van der Waals surface area contributed by atoms with Crippen LogP contribution in [0.3, 0.4) is 0 Å². The summed E-state index contributed by atoms with van der Waals surface area (Å²) in [6.07, 6.45) is 0.888. The number of phosphoric ester groups is 1. The Balaban J connectivity index is 2.61. The molecule has 0 aliphatic heterocycles. The number of rotatable bonds is 2. The van der Waals surface area contributed by atoms with Gasteiger partial charge in [-0.2, -0.15) is 0 Å². The minimum absolute atomic E-state index is 0.0431. The number of carbonyl (C=O) groups excluding carboxylic acids is 2. The Morgan fingerprint density at radius 1 is 1.22 bits per heavy atom. The van der Waals surface area contributed by atoms with Crippen molar-refractivity contribution in [2.24, 2.45) is 0 Å². The van der Waals surface area contributed by atoms with Crippen LogP contribution in [-0.2, 0) is 4.57 Å². The van der Waals surface area contributed by atoms with E-state index in [1.54, 1.807) is 0 Å². The summed E-state index contributed by atoms with van der Waals surface area (Å²) in [5.74, 6) is -1.58. The molecule has 0 bridgehead atoms.